The van der Waals surface area contributed by atoms with Crippen LogP contribution in [-0.4, -0.2) is 34.2 Å². The Morgan fingerprint density at radius 1 is 1.53 bits per heavy atom. The van der Waals surface area contributed by atoms with Crippen LogP contribution in [0.3, 0.4) is 0 Å². The summed E-state index contributed by atoms with van der Waals surface area (Å²) in [6, 6.07) is -0.0301. The summed E-state index contributed by atoms with van der Waals surface area (Å²) in [4.78, 5) is 18.9. The van der Waals surface area contributed by atoms with Crippen LogP contribution in [0.5, 0.6) is 5.88 Å². The standard InChI is InChI=1S/C11H13N3O3/c1-17-10-6-12-5-9(14-10)13-8-3-2-7(4-8)11(15)16/h2-3,5-8H,4H2,1H3,(H,13,14)(H,15,16). The third-order valence-corrected chi connectivity index (χ3v) is 2.56. The van der Waals surface area contributed by atoms with Gasteiger partial charge in [0.2, 0.25) is 5.88 Å². The van der Waals surface area contributed by atoms with Crippen molar-refractivity contribution in [1.82, 2.24) is 9.97 Å². The zero-order chi connectivity index (χ0) is 12.3. The second kappa shape index (κ2) is 4.82. The quantitative estimate of drug-likeness (QED) is 0.755. The van der Waals surface area contributed by atoms with E-state index in [0.29, 0.717) is 18.1 Å². The van der Waals surface area contributed by atoms with E-state index in [1.54, 1.807) is 12.3 Å². The van der Waals surface area contributed by atoms with Crippen molar-refractivity contribution in [3.8, 4) is 5.88 Å². The minimum absolute atomic E-state index is 0.0301. The lowest BCUT2D eigenvalue weighted by molar-refractivity contribution is -0.140. The Morgan fingerprint density at radius 3 is 3.00 bits per heavy atom. The van der Waals surface area contributed by atoms with Gasteiger partial charge in [0.25, 0.3) is 0 Å². The maximum Gasteiger partial charge on any atom is 0.310 e. The van der Waals surface area contributed by atoms with Crippen molar-refractivity contribution >= 4 is 11.8 Å². The SMILES string of the molecule is COc1cncc(NC2C=CC(C(=O)O)C2)n1. The van der Waals surface area contributed by atoms with Gasteiger partial charge in [0, 0.05) is 6.04 Å². The maximum absolute atomic E-state index is 10.8. The van der Waals surface area contributed by atoms with Crippen LogP contribution < -0.4 is 10.1 Å². The summed E-state index contributed by atoms with van der Waals surface area (Å²) in [5, 5.41) is 11.9. The number of hydrogen-bond donors (Lipinski definition) is 2. The molecule has 0 aromatic carbocycles. The zero-order valence-corrected chi connectivity index (χ0v) is 9.33. The Kier molecular flexibility index (Phi) is 3.22. The molecule has 6 heteroatoms. The van der Waals surface area contributed by atoms with E-state index in [0.717, 1.165) is 0 Å². The van der Waals surface area contributed by atoms with E-state index in [2.05, 4.69) is 15.3 Å². The van der Waals surface area contributed by atoms with Crippen LogP contribution >= 0.6 is 0 Å². The third-order valence-electron chi connectivity index (χ3n) is 2.56. The molecule has 2 rings (SSSR count). The van der Waals surface area contributed by atoms with E-state index in [9.17, 15) is 4.79 Å². The predicted molar refractivity (Wildman–Crippen MR) is 60.9 cm³/mol. The number of rotatable bonds is 4. The van der Waals surface area contributed by atoms with E-state index < -0.39 is 11.9 Å². The number of carbonyl (C=O) groups is 1. The molecule has 0 bridgehead atoms. The second-order valence-corrected chi connectivity index (χ2v) is 3.76. The first-order valence-corrected chi connectivity index (χ1v) is 5.22. The van der Waals surface area contributed by atoms with Gasteiger partial charge in [-0.25, -0.2) is 0 Å². The molecule has 17 heavy (non-hydrogen) atoms. The molecule has 90 valence electrons. The average molecular weight is 235 g/mol. The summed E-state index contributed by atoms with van der Waals surface area (Å²) in [6.07, 6.45) is 7.13. The summed E-state index contributed by atoms with van der Waals surface area (Å²) in [5.41, 5.74) is 0. The number of carboxylic acid groups (broad SMARTS) is 1. The van der Waals surface area contributed by atoms with Crippen LogP contribution in [0.15, 0.2) is 24.5 Å². The Labute approximate surface area is 98.3 Å². The number of anilines is 1. The highest BCUT2D eigenvalue weighted by Gasteiger charge is 2.24. The van der Waals surface area contributed by atoms with Gasteiger partial charge in [-0.3, -0.25) is 9.78 Å². The normalized spacial score (nSPS) is 22.4. The van der Waals surface area contributed by atoms with Crippen molar-refractivity contribution < 1.29 is 14.6 Å². The number of nitrogens with zero attached hydrogens (tertiary/aromatic N) is 2. The van der Waals surface area contributed by atoms with Gasteiger partial charge in [0.1, 0.15) is 5.82 Å². The molecular weight excluding hydrogens is 222 g/mol. The molecule has 1 aromatic heterocycles. The lowest BCUT2D eigenvalue weighted by atomic mass is 10.1. The van der Waals surface area contributed by atoms with E-state index in [1.165, 1.54) is 13.3 Å². The van der Waals surface area contributed by atoms with Gasteiger partial charge in [0.15, 0.2) is 0 Å². The number of carboxylic acids is 1. The average Bonchev–Trinajstić information content (AvgIpc) is 2.78. The first-order valence-electron chi connectivity index (χ1n) is 5.22. The molecule has 2 N–H and O–H groups in total. The van der Waals surface area contributed by atoms with Crippen molar-refractivity contribution in [2.75, 3.05) is 12.4 Å². The van der Waals surface area contributed by atoms with E-state index >= 15 is 0 Å². The molecule has 0 spiro atoms. The van der Waals surface area contributed by atoms with Gasteiger partial charge in [0.05, 0.1) is 25.4 Å². The Balaban J connectivity index is 1.98. The number of aromatic nitrogens is 2. The van der Waals surface area contributed by atoms with Gasteiger partial charge < -0.3 is 15.2 Å². The monoisotopic (exact) mass is 235 g/mol. The third kappa shape index (κ3) is 2.72. The lowest BCUT2D eigenvalue weighted by Crippen LogP contribution is -2.19. The number of ether oxygens (including phenoxy) is 1. The lowest BCUT2D eigenvalue weighted by Gasteiger charge is -2.12. The van der Waals surface area contributed by atoms with Crippen LogP contribution in [0.4, 0.5) is 5.82 Å². The molecule has 2 atom stereocenters. The van der Waals surface area contributed by atoms with E-state index in [1.807, 2.05) is 6.08 Å². The molecular formula is C11H13N3O3. The van der Waals surface area contributed by atoms with Gasteiger partial charge in [-0.15, -0.1) is 0 Å². The van der Waals surface area contributed by atoms with Gasteiger partial charge in [-0.2, -0.15) is 4.98 Å². The fourth-order valence-electron chi connectivity index (χ4n) is 1.70. The summed E-state index contributed by atoms with van der Waals surface area (Å²) >= 11 is 0. The van der Waals surface area contributed by atoms with Crippen molar-refractivity contribution in [3.63, 3.8) is 0 Å². The highest BCUT2D eigenvalue weighted by atomic mass is 16.5. The van der Waals surface area contributed by atoms with Crippen LogP contribution in [0.25, 0.3) is 0 Å². The minimum atomic E-state index is -0.803. The van der Waals surface area contributed by atoms with Crippen molar-refractivity contribution in [3.05, 3.63) is 24.5 Å². The highest BCUT2D eigenvalue weighted by molar-refractivity contribution is 5.73. The molecule has 1 aromatic rings. The number of methoxy groups -OCH3 is 1. The minimum Gasteiger partial charge on any atom is -0.481 e. The van der Waals surface area contributed by atoms with E-state index in [4.69, 9.17) is 9.84 Å². The molecule has 0 amide bonds. The molecule has 0 fully saturated rings. The summed E-state index contributed by atoms with van der Waals surface area (Å²) in [5.74, 6) is -0.231. The summed E-state index contributed by atoms with van der Waals surface area (Å²) < 4.78 is 4.95. The molecule has 0 saturated carbocycles. The van der Waals surface area contributed by atoms with Crippen molar-refractivity contribution in [2.24, 2.45) is 5.92 Å². The molecule has 1 heterocycles. The molecule has 1 aliphatic rings. The summed E-state index contributed by atoms with van der Waals surface area (Å²) in [7, 11) is 1.52. The first-order chi connectivity index (χ1) is 8.19. The van der Waals surface area contributed by atoms with Crippen LogP contribution in [0.1, 0.15) is 6.42 Å². The smallest absolute Gasteiger partial charge is 0.310 e. The van der Waals surface area contributed by atoms with Crippen LogP contribution in [-0.2, 0) is 4.79 Å². The maximum atomic E-state index is 10.8. The van der Waals surface area contributed by atoms with Gasteiger partial charge in [-0.1, -0.05) is 12.2 Å². The molecule has 0 radical (unpaired) electrons. The topological polar surface area (TPSA) is 84.3 Å². The molecule has 0 aliphatic heterocycles. The number of aliphatic carboxylic acids is 1. The van der Waals surface area contributed by atoms with Gasteiger partial charge in [-0.05, 0) is 6.42 Å². The second-order valence-electron chi connectivity index (χ2n) is 3.76. The fourth-order valence-corrected chi connectivity index (χ4v) is 1.70. The first kappa shape index (κ1) is 11.4. The fraction of sp³-hybridized carbons (Fsp3) is 0.364. The van der Waals surface area contributed by atoms with Gasteiger partial charge >= 0.3 is 5.97 Å². The predicted octanol–water partition coefficient (Wildman–Crippen LogP) is 0.926. The molecule has 6 nitrogen and oxygen atoms in total. The Bertz CT molecular complexity index is 447. The van der Waals surface area contributed by atoms with Crippen molar-refractivity contribution in [2.45, 2.75) is 12.5 Å². The molecule has 1 aliphatic carbocycles. The number of hydrogen-bond acceptors (Lipinski definition) is 5. The van der Waals surface area contributed by atoms with Crippen LogP contribution in [0.2, 0.25) is 0 Å². The highest BCUT2D eigenvalue weighted by Crippen LogP contribution is 2.21. The van der Waals surface area contributed by atoms with E-state index in [-0.39, 0.29) is 6.04 Å². The molecule has 2 unspecified atom stereocenters. The van der Waals surface area contributed by atoms with Crippen molar-refractivity contribution in [1.29, 1.82) is 0 Å². The zero-order valence-electron chi connectivity index (χ0n) is 9.33. The summed E-state index contributed by atoms with van der Waals surface area (Å²) in [6.45, 7) is 0. The number of nitrogens with one attached hydrogen (secondary N) is 1. The Morgan fingerprint density at radius 2 is 2.35 bits per heavy atom. The van der Waals surface area contributed by atoms with Crippen LogP contribution in [0, 0.1) is 5.92 Å². The largest absolute Gasteiger partial charge is 0.481 e. The Hall–Kier alpha value is -2.11. The molecule has 0 saturated heterocycles.